The van der Waals surface area contributed by atoms with Crippen molar-refractivity contribution in [2.24, 2.45) is 0 Å². The Balaban J connectivity index is 1.74. The number of hydrogen-bond donors (Lipinski definition) is 1. The second kappa shape index (κ2) is 8.10. The monoisotopic (exact) mass is 381 g/mol. The molecule has 0 unspecified atom stereocenters. The summed E-state index contributed by atoms with van der Waals surface area (Å²) in [7, 11) is 0. The number of nitrogens with one attached hydrogen (secondary N) is 1. The van der Waals surface area contributed by atoms with Gasteiger partial charge in [0, 0.05) is 56.1 Å². The van der Waals surface area contributed by atoms with E-state index >= 15 is 0 Å². The van der Waals surface area contributed by atoms with Crippen LogP contribution < -0.4 is 5.32 Å². The lowest BCUT2D eigenvalue weighted by Gasteiger charge is -2.34. The predicted molar refractivity (Wildman–Crippen MR) is 90.8 cm³/mol. The molecule has 0 radical (unpaired) electrons. The van der Waals surface area contributed by atoms with E-state index in [0.29, 0.717) is 31.9 Å². The summed E-state index contributed by atoms with van der Waals surface area (Å²) in [6, 6.07) is 7.31. The molecule has 23 heavy (non-hydrogen) atoms. The molecule has 1 aromatic carbocycles. The van der Waals surface area contributed by atoms with Gasteiger partial charge in [0.2, 0.25) is 17.7 Å². The van der Waals surface area contributed by atoms with Crippen LogP contribution in [0, 0.1) is 0 Å². The number of amides is 3. The summed E-state index contributed by atoms with van der Waals surface area (Å²) in [5.74, 6) is -0.193. The van der Waals surface area contributed by atoms with Crippen molar-refractivity contribution in [2.75, 3.05) is 31.5 Å². The largest absolute Gasteiger partial charge is 0.339 e. The maximum atomic E-state index is 12.1. The highest BCUT2D eigenvalue weighted by atomic mass is 79.9. The molecule has 0 aromatic heterocycles. The van der Waals surface area contributed by atoms with Gasteiger partial charge in [0.15, 0.2) is 0 Å². The number of piperazine rings is 1. The van der Waals surface area contributed by atoms with E-state index in [1.165, 1.54) is 6.92 Å². The standard InChI is InChI=1S/C16H20BrN3O3/c1-12(21)19-7-9-20(10-8-19)16(23)6-5-15(22)18-14-4-2-3-13(17)11-14/h2-4,11H,5-10H2,1H3,(H,18,22). The van der Waals surface area contributed by atoms with Gasteiger partial charge in [-0.15, -0.1) is 0 Å². The van der Waals surface area contributed by atoms with E-state index in [1.54, 1.807) is 21.9 Å². The minimum atomic E-state index is -0.182. The summed E-state index contributed by atoms with van der Waals surface area (Å²) in [5.41, 5.74) is 0.701. The highest BCUT2D eigenvalue weighted by Gasteiger charge is 2.22. The molecule has 1 aliphatic rings. The summed E-state index contributed by atoms with van der Waals surface area (Å²) in [4.78, 5) is 38.7. The summed E-state index contributed by atoms with van der Waals surface area (Å²) in [6.07, 6.45) is 0.332. The van der Waals surface area contributed by atoms with Crippen LogP contribution in [-0.2, 0) is 14.4 Å². The molecule has 1 fully saturated rings. The summed E-state index contributed by atoms with van der Waals surface area (Å²) in [5, 5.41) is 2.77. The molecule has 0 saturated carbocycles. The predicted octanol–water partition coefficient (Wildman–Crippen LogP) is 1.86. The Bertz CT molecular complexity index is 598. The zero-order valence-electron chi connectivity index (χ0n) is 13.0. The van der Waals surface area contributed by atoms with Gasteiger partial charge in [0.05, 0.1) is 0 Å². The molecule has 124 valence electrons. The van der Waals surface area contributed by atoms with Crippen LogP contribution in [0.25, 0.3) is 0 Å². The van der Waals surface area contributed by atoms with Crippen molar-refractivity contribution in [3.63, 3.8) is 0 Å². The van der Waals surface area contributed by atoms with Crippen molar-refractivity contribution >= 4 is 39.3 Å². The number of nitrogens with zero attached hydrogens (tertiary/aromatic N) is 2. The van der Waals surface area contributed by atoms with E-state index in [-0.39, 0.29) is 30.6 Å². The second-order valence-corrected chi connectivity index (χ2v) is 6.36. The van der Waals surface area contributed by atoms with Crippen LogP contribution in [0.4, 0.5) is 5.69 Å². The zero-order valence-corrected chi connectivity index (χ0v) is 14.6. The van der Waals surface area contributed by atoms with Crippen molar-refractivity contribution in [1.29, 1.82) is 0 Å². The molecule has 0 aliphatic carbocycles. The number of anilines is 1. The second-order valence-electron chi connectivity index (χ2n) is 5.45. The Morgan fingerprint density at radius 3 is 2.35 bits per heavy atom. The molecule has 1 heterocycles. The molecule has 1 aromatic rings. The molecule has 0 bridgehead atoms. The Morgan fingerprint density at radius 2 is 1.74 bits per heavy atom. The van der Waals surface area contributed by atoms with E-state index < -0.39 is 0 Å². The van der Waals surface area contributed by atoms with Gasteiger partial charge >= 0.3 is 0 Å². The molecule has 1 saturated heterocycles. The third kappa shape index (κ3) is 5.35. The Hall–Kier alpha value is -1.89. The van der Waals surface area contributed by atoms with Gasteiger partial charge in [-0.05, 0) is 18.2 Å². The van der Waals surface area contributed by atoms with Crippen LogP contribution in [0.5, 0.6) is 0 Å². The van der Waals surface area contributed by atoms with Crippen molar-refractivity contribution in [3.05, 3.63) is 28.7 Å². The maximum absolute atomic E-state index is 12.1. The lowest BCUT2D eigenvalue weighted by atomic mass is 10.2. The van der Waals surface area contributed by atoms with Crippen molar-refractivity contribution in [1.82, 2.24) is 9.80 Å². The Morgan fingerprint density at radius 1 is 1.09 bits per heavy atom. The fourth-order valence-corrected chi connectivity index (χ4v) is 2.84. The first kappa shape index (κ1) is 17.5. The highest BCUT2D eigenvalue weighted by Crippen LogP contribution is 2.16. The number of carbonyl (C=O) groups excluding carboxylic acids is 3. The average Bonchev–Trinajstić information content (AvgIpc) is 2.52. The van der Waals surface area contributed by atoms with Gasteiger partial charge < -0.3 is 15.1 Å². The van der Waals surface area contributed by atoms with Gasteiger partial charge in [-0.2, -0.15) is 0 Å². The minimum absolute atomic E-state index is 0.0329. The topological polar surface area (TPSA) is 69.7 Å². The van der Waals surface area contributed by atoms with Crippen LogP contribution in [-0.4, -0.2) is 53.7 Å². The van der Waals surface area contributed by atoms with Crippen LogP contribution in [0.1, 0.15) is 19.8 Å². The fraction of sp³-hybridized carbons (Fsp3) is 0.438. The summed E-state index contributed by atoms with van der Waals surface area (Å²) >= 11 is 3.34. The van der Waals surface area contributed by atoms with Gasteiger partial charge in [-0.1, -0.05) is 22.0 Å². The van der Waals surface area contributed by atoms with Gasteiger partial charge in [-0.25, -0.2) is 0 Å². The normalized spacial score (nSPS) is 14.5. The third-order valence-corrected chi connectivity index (χ3v) is 4.25. The minimum Gasteiger partial charge on any atom is -0.339 e. The van der Waals surface area contributed by atoms with Crippen LogP contribution in [0.15, 0.2) is 28.7 Å². The molecule has 0 atom stereocenters. The fourth-order valence-electron chi connectivity index (χ4n) is 2.44. The molecule has 2 rings (SSSR count). The summed E-state index contributed by atoms with van der Waals surface area (Å²) in [6.45, 7) is 3.72. The first-order valence-corrected chi connectivity index (χ1v) is 8.33. The molecule has 1 aliphatic heterocycles. The zero-order chi connectivity index (χ0) is 16.8. The first-order chi connectivity index (χ1) is 11.0. The lowest BCUT2D eigenvalue weighted by molar-refractivity contribution is -0.138. The van der Waals surface area contributed by atoms with Crippen molar-refractivity contribution in [3.8, 4) is 0 Å². The van der Waals surface area contributed by atoms with E-state index in [2.05, 4.69) is 21.2 Å². The molecule has 1 N–H and O–H groups in total. The van der Waals surface area contributed by atoms with Crippen LogP contribution in [0.2, 0.25) is 0 Å². The molecule has 0 spiro atoms. The number of hydrogen-bond acceptors (Lipinski definition) is 3. The number of rotatable bonds is 4. The van der Waals surface area contributed by atoms with E-state index in [1.807, 2.05) is 12.1 Å². The lowest BCUT2D eigenvalue weighted by Crippen LogP contribution is -2.50. The summed E-state index contributed by atoms with van der Waals surface area (Å²) < 4.78 is 0.884. The van der Waals surface area contributed by atoms with E-state index in [9.17, 15) is 14.4 Å². The van der Waals surface area contributed by atoms with Gasteiger partial charge in [0.1, 0.15) is 0 Å². The maximum Gasteiger partial charge on any atom is 0.224 e. The number of carbonyl (C=O) groups is 3. The molecule has 6 nitrogen and oxygen atoms in total. The first-order valence-electron chi connectivity index (χ1n) is 7.54. The van der Waals surface area contributed by atoms with Crippen LogP contribution >= 0.6 is 15.9 Å². The number of halogens is 1. The number of benzene rings is 1. The van der Waals surface area contributed by atoms with Gasteiger partial charge in [0.25, 0.3) is 0 Å². The molecular weight excluding hydrogens is 362 g/mol. The quantitative estimate of drug-likeness (QED) is 0.864. The Kier molecular flexibility index (Phi) is 6.15. The van der Waals surface area contributed by atoms with E-state index in [4.69, 9.17) is 0 Å². The molecular formula is C16H20BrN3O3. The van der Waals surface area contributed by atoms with Gasteiger partial charge in [-0.3, -0.25) is 14.4 Å². The molecule has 7 heteroatoms. The highest BCUT2D eigenvalue weighted by molar-refractivity contribution is 9.10. The van der Waals surface area contributed by atoms with Crippen molar-refractivity contribution in [2.45, 2.75) is 19.8 Å². The average molecular weight is 382 g/mol. The van der Waals surface area contributed by atoms with Crippen molar-refractivity contribution < 1.29 is 14.4 Å². The SMILES string of the molecule is CC(=O)N1CCN(C(=O)CCC(=O)Nc2cccc(Br)c2)CC1. The third-order valence-electron chi connectivity index (χ3n) is 3.75. The van der Waals surface area contributed by atoms with Crippen LogP contribution in [0.3, 0.4) is 0 Å². The molecule has 3 amide bonds. The smallest absolute Gasteiger partial charge is 0.224 e. The van der Waals surface area contributed by atoms with E-state index in [0.717, 1.165) is 4.47 Å². The Labute approximate surface area is 143 Å².